The molecule has 4 nitrogen and oxygen atoms in total. The van der Waals surface area contributed by atoms with Crippen LogP contribution in [0.25, 0.3) is 10.2 Å². The molecule has 0 aliphatic rings. The Hall–Kier alpha value is -0.850. The number of hydrogen-bond acceptors (Lipinski definition) is 5. The molecule has 1 N–H and O–H groups in total. The number of benzene rings is 1. The maximum Gasteiger partial charge on any atom is 0.184 e. The van der Waals surface area contributed by atoms with Crippen molar-refractivity contribution in [1.82, 2.24) is 4.98 Å². The van der Waals surface area contributed by atoms with Crippen molar-refractivity contribution in [3.8, 4) is 0 Å². The molecular weight excluding hydrogens is 292 g/mol. The number of halogens is 1. The monoisotopic (exact) mass is 304 g/mol. The molecular formula is C11H13ClN2O2S2. The highest BCUT2D eigenvalue weighted by Crippen LogP contribution is 2.28. The van der Waals surface area contributed by atoms with Crippen LogP contribution in [0.1, 0.15) is 6.92 Å². The molecule has 1 heterocycles. The number of rotatable bonds is 4. The van der Waals surface area contributed by atoms with Gasteiger partial charge in [-0.2, -0.15) is 0 Å². The zero-order chi connectivity index (χ0) is 13.3. The number of sulfone groups is 1. The molecule has 2 aromatic rings. The van der Waals surface area contributed by atoms with Gasteiger partial charge in [0.2, 0.25) is 0 Å². The van der Waals surface area contributed by atoms with Gasteiger partial charge in [0.25, 0.3) is 0 Å². The molecule has 7 heteroatoms. The highest BCUT2D eigenvalue weighted by molar-refractivity contribution is 7.90. The molecule has 0 fully saturated rings. The molecule has 0 amide bonds. The Kier molecular flexibility index (Phi) is 3.79. The topological polar surface area (TPSA) is 59.1 Å². The molecule has 1 atom stereocenters. The van der Waals surface area contributed by atoms with Crippen LogP contribution in [0.4, 0.5) is 5.13 Å². The number of anilines is 1. The largest absolute Gasteiger partial charge is 0.358 e. The van der Waals surface area contributed by atoms with E-state index in [-0.39, 0.29) is 11.8 Å². The van der Waals surface area contributed by atoms with Crippen molar-refractivity contribution in [2.45, 2.75) is 13.0 Å². The van der Waals surface area contributed by atoms with Crippen LogP contribution in [0.5, 0.6) is 0 Å². The molecule has 0 radical (unpaired) electrons. The molecule has 0 aliphatic heterocycles. The minimum absolute atomic E-state index is 0.0870. The van der Waals surface area contributed by atoms with E-state index in [2.05, 4.69) is 10.3 Å². The van der Waals surface area contributed by atoms with Gasteiger partial charge in [0.05, 0.1) is 16.0 Å². The van der Waals surface area contributed by atoms with Crippen LogP contribution in [0, 0.1) is 0 Å². The summed E-state index contributed by atoms with van der Waals surface area (Å²) in [7, 11) is -2.99. The van der Waals surface area contributed by atoms with E-state index >= 15 is 0 Å². The lowest BCUT2D eigenvalue weighted by atomic mass is 10.3. The van der Waals surface area contributed by atoms with Crippen LogP contribution >= 0.6 is 22.9 Å². The fourth-order valence-corrected chi connectivity index (χ4v) is 3.91. The molecule has 18 heavy (non-hydrogen) atoms. The van der Waals surface area contributed by atoms with Crippen molar-refractivity contribution < 1.29 is 8.42 Å². The smallest absolute Gasteiger partial charge is 0.184 e. The molecule has 1 aromatic carbocycles. The Labute approximate surface area is 115 Å². The van der Waals surface area contributed by atoms with Gasteiger partial charge in [0.1, 0.15) is 9.84 Å². The number of nitrogens with zero attached hydrogens (tertiary/aromatic N) is 1. The van der Waals surface area contributed by atoms with Crippen LogP contribution in [-0.4, -0.2) is 31.5 Å². The van der Waals surface area contributed by atoms with Crippen LogP contribution in [0.2, 0.25) is 5.02 Å². The number of fused-ring (bicyclic) bond motifs is 1. The quantitative estimate of drug-likeness (QED) is 0.943. The summed E-state index contributed by atoms with van der Waals surface area (Å²) in [5.74, 6) is 0.0870. The van der Waals surface area contributed by atoms with Crippen molar-refractivity contribution in [3.63, 3.8) is 0 Å². The molecule has 1 aromatic heterocycles. The van der Waals surface area contributed by atoms with Gasteiger partial charge in [-0.3, -0.25) is 0 Å². The van der Waals surface area contributed by atoms with Gasteiger partial charge in [-0.25, -0.2) is 13.4 Å². The third-order valence-corrected chi connectivity index (χ3v) is 4.56. The molecule has 0 bridgehead atoms. The lowest BCUT2D eigenvalue weighted by Crippen LogP contribution is -2.24. The normalized spacial score (nSPS) is 13.7. The Morgan fingerprint density at radius 1 is 1.50 bits per heavy atom. The summed E-state index contributed by atoms with van der Waals surface area (Å²) in [6.07, 6.45) is 1.23. The van der Waals surface area contributed by atoms with E-state index < -0.39 is 9.84 Å². The molecule has 0 aliphatic carbocycles. The highest BCUT2D eigenvalue weighted by atomic mass is 35.5. The van der Waals surface area contributed by atoms with Crippen molar-refractivity contribution >= 4 is 48.1 Å². The van der Waals surface area contributed by atoms with Gasteiger partial charge in [0, 0.05) is 17.3 Å². The van der Waals surface area contributed by atoms with Gasteiger partial charge < -0.3 is 5.32 Å². The van der Waals surface area contributed by atoms with Crippen LogP contribution in [0.15, 0.2) is 18.2 Å². The fourth-order valence-electron chi connectivity index (χ4n) is 1.67. The first-order chi connectivity index (χ1) is 8.33. The minimum atomic E-state index is -2.99. The van der Waals surface area contributed by atoms with E-state index in [9.17, 15) is 8.42 Å². The Bertz CT molecular complexity index is 667. The predicted octanol–water partition coefficient (Wildman–Crippen LogP) is 2.79. The second-order valence-electron chi connectivity index (χ2n) is 4.27. The molecule has 0 saturated heterocycles. The Morgan fingerprint density at radius 2 is 2.22 bits per heavy atom. The first-order valence-electron chi connectivity index (χ1n) is 5.34. The molecule has 0 spiro atoms. The van der Waals surface area contributed by atoms with Crippen molar-refractivity contribution in [1.29, 1.82) is 0 Å². The average molecular weight is 305 g/mol. The summed E-state index contributed by atoms with van der Waals surface area (Å²) in [6.45, 7) is 1.82. The van der Waals surface area contributed by atoms with Gasteiger partial charge in [-0.1, -0.05) is 22.9 Å². The Morgan fingerprint density at radius 3 is 2.89 bits per heavy atom. The van der Waals surface area contributed by atoms with E-state index in [1.807, 2.05) is 19.1 Å². The summed E-state index contributed by atoms with van der Waals surface area (Å²) in [6, 6.07) is 5.31. The van der Waals surface area contributed by atoms with Crippen molar-refractivity contribution in [3.05, 3.63) is 23.2 Å². The zero-order valence-corrected chi connectivity index (χ0v) is 12.4. The lowest BCUT2D eigenvalue weighted by Gasteiger charge is -2.10. The van der Waals surface area contributed by atoms with Crippen LogP contribution in [0.3, 0.4) is 0 Å². The Balaban J connectivity index is 2.17. The lowest BCUT2D eigenvalue weighted by molar-refractivity contribution is 0.598. The highest BCUT2D eigenvalue weighted by Gasteiger charge is 2.12. The maximum absolute atomic E-state index is 11.2. The SMILES string of the molecule is CC(CS(C)(=O)=O)Nc1nc2ccc(Cl)cc2s1. The summed E-state index contributed by atoms with van der Waals surface area (Å²) in [5.41, 5.74) is 0.860. The predicted molar refractivity (Wildman–Crippen MR) is 77.4 cm³/mol. The van der Waals surface area contributed by atoms with E-state index in [1.165, 1.54) is 17.6 Å². The summed E-state index contributed by atoms with van der Waals surface area (Å²) >= 11 is 7.36. The first kappa shape index (κ1) is 13.6. The average Bonchev–Trinajstić information content (AvgIpc) is 2.55. The third kappa shape index (κ3) is 3.57. The molecule has 0 saturated carbocycles. The number of aromatic nitrogens is 1. The van der Waals surface area contributed by atoms with Crippen LogP contribution in [-0.2, 0) is 9.84 Å². The van der Waals surface area contributed by atoms with Gasteiger partial charge in [-0.05, 0) is 25.1 Å². The fraction of sp³-hybridized carbons (Fsp3) is 0.364. The number of nitrogens with one attached hydrogen (secondary N) is 1. The summed E-state index contributed by atoms with van der Waals surface area (Å²) in [4.78, 5) is 4.38. The summed E-state index contributed by atoms with van der Waals surface area (Å²) in [5, 5.41) is 4.47. The summed E-state index contributed by atoms with van der Waals surface area (Å²) < 4.78 is 23.3. The maximum atomic E-state index is 11.2. The standard InChI is InChI=1S/C11H13ClN2O2S2/c1-7(6-18(2,15)16)13-11-14-9-4-3-8(12)5-10(9)17-11/h3-5,7H,6H2,1-2H3,(H,13,14). The van der Waals surface area contributed by atoms with Gasteiger partial charge >= 0.3 is 0 Å². The number of hydrogen-bond donors (Lipinski definition) is 1. The van der Waals surface area contributed by atoms with Crippen LogP contribution < -0.4 is 5.32 Å². The van der Waals surface area contributed by atoms with E-state index in [4.69, 9.17) is 11.6 Å². The van der Waals surface area contributed by atoms with Crippen molar-refractivity contribution in [2.75, 3.05) is 17.3 Å². The molecule has 1 unspecified atom stereocenters. The van der Waals surface area contributed by atoms with E-state index in [1.54, 1.807) is 6.07 Å². The zero-order valence-electron chi connectivity index (χ0n) is 9.97. The third-order valence-electron chi connectivity index (χ3n) is 2.27. The molecule has 98 valence electrons. The molecule has 2 rings (SSSR count). The van der Waals surface area contributed by atoms with Gasteiger partial charge in [-0.15, -0.1) is 0 Å². The number of thiazole rings is 1. The van der Waals surface area contributed by atoms with Crippen molar-refractivity contribution in [2.24, 2.45) is 0 Å². The first-order valence-corrected chi connectivity index (χ1v) is 8.59. The van der Waals surface area contributed by atoms with E-state index in [0.717, 1.165) is 10.2 Å². The van der Waals surface area contributed by atoms with Gasteiger partial charge in [0.15, 0.2) is 5.13 Å². The minimum Gasteiger partial charge on any atom is -0.358 e. The van der Waals surface area contributed by atoms with E-state index in [0.29, 0.717) is 10.2 Å². The second-order valence-corrected chi connectivity index (χ2v) is 7.92. The second kappa shape index (κ2) is 5.03.